The lowest BCUT2D eigenvalue weighted by atomic mass is 9.82. The van der Waals surface area contributed by atoms with Crippen LogP contribution < -0.4 is 5.32 Å². The highest BCUT2D eigenvalue weighted by atomic mass is 15.1. The minimum Gasteiger partial charge on any atom is -0.333 e. The van der Waals surface area contributed by atoms with Crippen LogP contribution in [0.2, 0.25) is 0 Å². The van der Waals surface area contributed by atoms with Gasteiger partial charge in [0, 0.05) is 19.3 Å². The third kappa shape index (κ3) is 3.34. The van der Waals surface area contributed by atoms with Crippen molar-refractivity contribution >= 4 is 0 Å². The van der Waals surface area contributed by atoms with E-state index in [-0.39, 0.29) is 0 Å². The lowest BCUT2D eigenvalue weighted by molar-refractivity contribution is 0.231. The number of nitrogens with one attached hydrogen (secondary N) is 1. The topological polar surface area (TPSA) is 29.9 Å². The molecule has 1 heterocycles. The first-order valence-electron chi connectivity index (χ1n) is 5.58. The van der Waals surface area contributed by atoms with Crippen LogP contribution in [0.25, 0.3) is 0 Å². The fourth-order valence-electron chi connectivity index (χ4n) is 1.41. The van der Waals surface area contributed by atoms with Crippen molar-refractivity contribution in [3.8, 4) is 0 Å². The maximum Gasteiger partial charge on any atom is 0.0948 e. The van der Waals surface area contributed by atoms with Crippen molar-refractivity contribution in [1.82, 2.24) is 14.9 Å². The van der Waals surface area contributed by atoms with Crippen LogP contribution in [0, 0.1) is 11.3 Å². The first-order valence-corrected chi connectivity index (χ1v) is 5.58. The van der Waals surface area contributed by atoms with Gasteiger partial charge in [-0.2, -0.15) is 0 Å². The minimum atomic E-state index is 0.348. The van der Waals surface area contributed by atoms with Gasteiger partial charge in [-0.15, -0.1) is 0 Å². The molecule has 0 aliphatic carbocycles. The Balaban J connectivity index is 2.68. The molecular formula is C12H23N3. The van der Waals surface area contributed by atoms with Crippen LogP contribution >= 0.6 is 0 Å². The van der Waals surface area contributed by atoms with Crippen LogP contribution in [0.5, 0.6) is 0 Å². The van der Waals surface area contributed by atoms with Gasteiger partial charge in [0.05, 0.1) is 12.0 Å². The molecule has 0 aliphatic heterocycles. The van der Waals surface area contributed by atoms with E-state index in [0.717, 1.165) is 13.1 Å². The van der Waals surface area contributed by atoms with Crippen molar-refractivity contribution in [2.75, 3.05) is 7.05 Å². The van der Waals surface area contributed by atoms with E-state index < -0.39 is 0 Å². The predicted octanol–water partition coefficient (Wildman–Crippen LogP) is 2.28. The summed E-state index contributed by atoms with van der Waals surface area (Å²) in [4.78, 5) is 4.20. The molecule has 0 radical (unpaired) electrons. The number of imidazole rings is 1. The fraction of sp³-hybridized carbons (Fsp3) is 0.750. The summed E-state index contributed by atoms with van der Waals surface area (Å²) in [6.07, 6.45) is 3.86. The van der Waals surface area contributed by atoms with E-state index in [1.54, 1.807) is 0 Å². The van der Waals surface area contributed by atoms with Crippen LogP contribution in [-0.2, 0) is 13.1 Å². The van der Waals surface area contributed by atoms with E-state index in [9.17, 15) is 0 Å². The Kier molecular flexibility index (Phi) is 3.91. The molecule has 3 heteroatoms. The summed E-state index contributed by atoms with van der Waals surface area (Å²) < 4.78 is 2.24. The molecule has 1 aromatic heterocycles. The summed E-state index contributed by atoms with van der Waals surface area (Å²) in [6.45, 7) is 11.1. The van der Waals surface area contributed by atoms with Gasteiger partial charge in [-0.25, -0.2) is 4.98 Å². The second kappa shape index (κ2) is 4.79. The highest BCUT2D eigenvalue weighted by Gasteiger charge is 2.20. The summed E-state index contributed by atoms with van der Waals surface area (Å²) in [7, 11) is 1.96. The number of aromatic nitrogens is 2. The Morgan fingerprint density at radius 3 is 2.67 bits per heavy atom. The Labute approximate surface area is 92.9 Å². The van der Waals surface area contributed by atoms with Crippen molar-refractivity contribution in [3.63, 3.8) is 0 Å². The van der Waals surface area contributed by atoms with Gasteiger partial charge in [0.25, 0.3) is 0 Å². The molecule has 1 aromatic rings. The van der Waals surface area contributed by atoms with Crippen molar-refractivity contribution in [3.05, 3.63) is 18.2 Å². The number of rotatable bonds is 4. The molecule has 1 N–H and O–H groups in total. The van der Waals surface area contributed by atoms with Gasteiger partial charge in [-0.3, -0.25) is 0 Å². The SMILES string of the molecule is CNCc1cncn1CC(C)C(C)(C)C. The normalized spacial score (nSPS) is 14.2. The van der Waals surface area contributed by atoms with Gasteiger partial charge in [0.15, 0.2) is 0 Å². The monoisotopic (exact) mass is 209 g/mol. The summed E-state index contributed by atoms with van der Waals surface area (Å²) in [5.41, 5.74) is 1.61. The molecule has 0 bridgehead atoms. The van der Waals surface area contributed by atoms with Gasteiger partial charge in [0.2, 0.25) is 0 Å². The fourth-order valence-corrected chi connectivity index (χ4v) is 1.41. The van der Waals surface area contributed by atoms with E-state index in [0.29, 0.717) is 11.3 Å². The van der Waals surface area contributed by atoms with Gasteiger partial charge in [0.1, 0.15) is 0 Å². The van der Waals surface area contributed by atoms with Crippen LogP contribution in [0.1, 0.15) is 33.4 Å². The zero-order valence-electron chi connectivity index (χ0n) is 10.5. The second-order valence-corrected chi connectivity index (χ2v) is 5.33. The molecule has 0 saturated carbocycles. The van der Waals surface area contributed by atoms with Gasteiger partial charge in [-0.05, 0) is 18.4 Å². The maximum atomic E-state index is 4.20. The van der Waals surface area contributed by atoms with Crippen molar-refractivity contribution < 1.29 is 0 Å². The zero-order chi connectivity index (χ0) is 11.5. The predicted molar refractivity (Wildman–Crippen MR) is 63.6 cm³/mol. The molecule has 0 saturated heterocycles. The standard InChI is InChI=1S/C12H23N3/c1-10(12(2,3)4)8-15-9-14-7-11(15)6-13-5/h7,9-10,13H,6,8H2,1-5H3. The molecule has 0 aromatic carbocycles. The van der Waals surface area contributed by atoms with Crippen LogP contribution in [0.3, 0.4) is 0 Å². The van der Waals surface area contributed by atoms with Gasteiger partial charge < -0.3 is 9.88 Å². The molecule has 0 spiro atoms. The summed E-state index contributed by atoms with van der Waals surface area (Å²) in [5, 5.41) is 3.16. The molecule has 15 heavy (non-hydrogen) atoms. The van der Waals surface area contributed by atoms with E-state index in [4.69, 9.17) is 0 Å². The Morgan fingerprint density at radius 2 is 2.13 bits per heavy atom. The smallest absolute Gasteiger partial charge is 0.0948 e. The van der Waals surface area contributed by atoms with Crippen LogP contribution in [0.4, 0.5) is 0 Å². The number of hydrogen-bond donors (Lipinski definition) is 1. The Hall–Kier alpha value is -0.830. The average molecular weight is 209 g/mol. The molecule has 1 unspecified atom stereocenters. The molecule has 0 aliphatic rings. The highest BCUT2D eigenvalue weighted by molar-refractivity contribution is 4.98. The molecular weight excluding hydrogens is 186 g/mol. The quantitative estimate of drug-likeness (QED) is 0.824. The van der Waals surface area contributed by atoms with E-state index in [2.05, 4.69) is 42.6 Å². The largest absolute Gasteiger partial charge is 0.333 e. The van der Waals surface area contributed by atoms with E-state index in [1.165, 1.54) is 5.69 Å². The van der Waals surface area contributed by atoms with Crippen molar-refractivity contribution in [2.45, 2.75) is 40.8 Å². The summed E-state index contributed by atoms with van der Waals surface area (Å²) in [6, 6.07) is 0. The molecule has 86 valence electrons. The van der Waals surface area contributed by atoms with E-state index >= 15 is 0 Å². The molecule has 1 atom stereocenters. The lowest BCUT2D eigenvalue weighted by Gasteiger charge is -2.28. The molecule has 3 nitrogen and oxygen atoms in total. The third-order valence-electron chi connectivity index (χ3n) is 3.11. The zero-order valence-corrected chi connectivity index (χ0v) is 10.5. The number of nitrogens with zero attached hydrogens (tertiary/aromatic N) is 2. The van der Waals surface area contributed by atoms with Crippen molar-refractivity contribution in [1.29, 1.82) is 0 Å². The van der Waals surface area contributed by atoms with Crippen molar-refractivity contribution in [2.24, 2.45) is 11.3 Å². The van der Waals surface area contributed by atoms with Gasteiger partial charge >= 0.3 is 0 Å². The van der Waals surface area contributed by atoms with Crippen LogP contribution in [-0.4, -0.2) is 16.6 Å². The van der Waals surface area contributed by atoms with E-state index in [1.807, 2.05) is 19.6 Å². The Bertz CT molecular complexity index is 296. The highest BCUT2D eigenvalue weighted by Crippen LogP contribution is 2.26. The first kappa shape index (κ1) is 12.2. The second-order valence-electron chi connectivity index (χ2n) is 5.33. The molecule has 0 amide bonds. The minimum absolute atomic E-state index is 0.348. The average Bonchev–Trinajstić information content (AvgIpc) is 2.52. The molecule has 0 fully saturated rings. The Morgan fingerprint density at radius 1 is 1.47 bits per heavy atom. The third-order valence-corrected chi connectivity index (χ3v) is 3.11. The van der Waals surface area contributed by atoms with Crippen LogP contribution in [0.15, 0.2) is 12.5 Å². The first-order chi connectivity index (χ1) is 6.95. The molecule has 1 rings (SSSR count). The summed E-state index contributed by atoms with van der Waals surface area (Å²) in [5.74, 6) is 0.641. The lowest BCUT2D eigenvalue weighted by Crippen LogP contribution is -2.23. The number of hydrogen-bond acceptors (Lipinski definition) is 2. The maximum absolute atomic E-state index is 4.20. The summed E-state index contributed by atoms with van der Waals surface area (Å²) >= 11 is 0. The van der Waals surface area contributed by atoms with Gasteiger partial charge in [-0.1, -0.05) is 27.7 Å².